The first-order valence-electron chi connectivity index (χ1n) is 6.30. The van der Waals surface area contributed by atoms with Crippen LogP contribution in [0.1, 0.15) is 49.8 Å². The predicted octanol–water partition coefficient (Wildman–Crippen LogP) is 0.370. The number of carbonyl (C=O) groups is 2. The topological polar surface area (TPSA) is 113 Å². The third kappa shape index (κ3) is 3.46. The van der Waals surface area contributed by atoms with Crippen LogP contribution >= 0.6 is 0 Å². The van der Waals surface area contributed by atoms with E-state index < -0.39 is 11.9 Å². The van der Waals surface area contributed by atoms with Crippen molar-refractivity contribution in [2.75, 3.05) is 12.3 Å². The Labute approximate surface area is 112 Å². The van der Waals surface area contributed by atoms with Crippen molar-refractivity contribution < 1.29 is 9.59 Å². The van der Waals surface area contributed by atoms with Crippen molar-refractivity contribution in [3.63, 3.8) is 0 Å². The maximum absolute atomic E-state index is 12.0. The lowest BCUT2D eigenvalue weighted by molar-refractivity contribution is -0.122. The fourth-order valence-electron chi connectivity index (χ4n) is 1.64. The molecule has 5 N–H and O–H groups in total. The molecule has 1 unspecified atom stereocenters. The second-order valence-electron chi connectivity index (χ2n) is 4.64. The minimum Gasteiger partial charge on any atom is -0.395 e. The van der Waals surface area contributed by atoms with E-state index in [1.54, 1.807) is 6.92 Å². The van der Waals surface area contributed by atoms with Crippen molar-refractivity contribution in [3.8, 4) is 0 Å². The zero-order valence-corrected chi connectivity index (χ0v) is 11.7. The number of carbonyl (C=O) groups excluding carboxylic acids is 2. The van der Waals surface area contributed by atoms with E-state index in [0.29, 0.717) is 12.2 Å². The van der Waals surface area contributed by atoms with Crippen molar-refractivity contribution in [2.45, 2.75) is 39.7 Å². The number of anilines is 1. The molecule has 0 aromatic carbocycles. The van der Waals surface area contributed by atoms with Crippen LogP contribution in [0.4, 0.5) is 5.69 Å². The smallest absolute Gasteiger partial charge is 0.274 e. The van der Waals surface area contributed by atoms with Gasteiger partial charge >= 0.3 is 0 Å². The maximum atomic E-state index is 12.0. The van der Waals surface area contributed by atoms with E-state index in [1.165, 1.54) is 0 Å². The molecule has 0 aliphatic heterocycles. The van der Waals surface area contributed by atoms with E-state index in [0.717, 1.165) is 5.69 Å². The summed E-state index contributed by atoms with van der Waals surface area (Å²) >= 11 is 0. The van der Waals surface area contributed by atoms with Crippen molar-refractivity contribution >= 4 is 17.5 Å². The van der Waals surface area contributed by atoms with Gasteiger partial charge in [0, 0.05) is 6.54 Å². The average Bonchev–Trinajstić information content (AvgIpc) is 2.71. The summed E-state index contributed by atoms with van der Waals surface area (Å²) in [7, 11) is 0. The molecule has 0 saturated heterocycles. The number of nitrogens with one attached hydrogen (secondary N) is 3. The van der Waals surface area contributed by atoms with Crippen LogP contribution in [0.25, 0.3) is 0 Å². The Morgan fingerprint density at radius 3 is 2.47 bits per heavy atom. The van der Waals surface area contributed by atoms with Crippen LogP contribution in [-0.4, -0.2) is 34.6 Å². The monoisotopic (exact) mass is 267 g/mol. The van der Waals surface area contributed by atoms with Gasteiger partial charge in [0.25, 0.3) is 5.91 Å². The summed E-state index contributed by atoms with van der Waals surface area (Å²) in [6.45, 7) is 7.83. The van der Waals surface area contributed by atoms with Gasteiger partial charge in [-0.25, -0.2) is 0 Å². The summed E-state index contributed by atoms with van der Waals surface area (Å²) in [5.41, 5.74) is 7.03. The first-order chi connectivity index (χ1) is 8.88. The number of nitrogens with zero attached hydrogens (tertiary/aromatic N) is 1. The zero-order chi connectivity index (χ0) is 14.6. The average molecular weight is 267 g/mol. The van der Waals surface area contributed by atoms with Gasteiger partial charge in [-0.3, -0.25) is 14.7 Å². The van der Waals surface area contributed by atoms with Crippen LogP contribution in [0.3, 0.4) is 0 Å². The normalized spacial score (nSPS) is 12.3. The van der Waals surface area contributed by atoms with E-state index in [9.17, 15) is 9.59 Å². The molecule has 2 amide bonds. The van der Waals surface area contributed by atoms with E-state index in [1.807, 2.05) is 20.8 Å². The molecule has 1 aromatic rings. The molecule has 1 atom stereocenters. The van der Waals surface area contributed by atoms with Crippen LogP contribution < -0.4 is 16.4 Å². The molecular weight excluding hydrogens is 246 g/mol. The summed E-state index contributed by atoms with van der Waals surface area (Å²) in [5, 5.41) is 11.8. The Kier molecular flexibility index (Phi) is 4.91. The molecule has 1 rings (SSSR count). The van der Waals surface area contributed by atoms with Gasteiger partial charge in [-0.2, -0.15) is 5.10 Å². The molecule has 1 heterocycles. The van der Waals surface area contributed by atoms with Crippen molar-refractivity contribution in [3.05, 3.63) is 11.4 Å². The van der Waals surface area contributed by atoms with Crippen molar-refractivity contribution in [2.24, 2.45) is 0 Å². The van der Waals surface area contributed by atoms with Crippen LogP contribution in [-0.2, 0) is 4.79 Å². The van der Waals surface area contributed by atoms with Gasteiger partial charge < -0.3 is 16.4 Å². The zero-order valence-electron chi connectivity index (χ0n) is 11.7. The number of nitrogens with two attached hydrogens (primary N) is 1. The van der Waals surface area contributed by atoms with E-state index in [4.69, 9.17) is 5.73 Å². The molecule has 0 aliphatic rings. The van der Waals surface area contributed by atoms with E-state index >= 15 is 0 Å². The molecule has 0 radical (unpaired) electrons. The Balaban J connectivity index is 2.76. The number of H-pyrrole nitrogens is 1. The minimum absolute atomic E-state index is 0.125. The van der Waals surface area contributed by atoms with Crippen LogP contribution in [0.15, 0.2) is 0 Å². The number of amides is 2. The molecule has 0 saturated carbocycles. The molecule has 0 fully saturated rings. The molecule has 0 aliphatic carbocycles. The van der Waals surface area contributed by atoms with Gasteiger partial charge in [0.15, 0.2) is 5.69 Å². The molecule has 7 nitrogen and oxygen atoms in total. The quantitative estimate of drug-likeness (QED) is 0.617. The highest BCUT2D eigenvalue weighted by atomic mass is 16.2. The second-order valence-corrected chi connectivity index (χ2v) is 4.64. The first kappa shape index (κ1) is 15.0. The van der Waals surface area contributed by atoms with Gasteiger partial charge in [-0.1, -0.05) is 13.8 Å². The molecule has 19 heavy (non-hydrogen) atoms. The third-order valence-electron chi connectivity index (χ3n) is 2.72. The Morgan fingerprint density at radius 2 is 2.00 bits per heavy atom. The van der Waals surface area contributed by atoms with Crippen molar-refractivity contribution in [1.29, 1.82) is 0 Å². The summed E-state index contributed by atoms with van der Waals surface area (Å²) < 4.78 is 0. The number of aromatic nitrogens is 2. The van der Waals surface area contributed by atoms with Gasteiger partial charge in [0.05, 0.1) is 11.4 Å². The molecule has 0 spiro atoms. The number of aromatic amines is 1. The van der Waals surface area contributed by atoms with Gasteiger partial charge in [0.2, 0.25) is 5.91 Å². The molecule has 0 bridgehead atoms. The van der Waals surface area contributed by atoms with Crippen LogP contribution in [0, 0.1) is 0 Å². The molecular formula is C12H21N5O2. The number of nitrogen functional groups attached to an aromatic ring is 1. The summed E-state index contributed by atoms with van der Waals surface area (Å²) in [6.07, 6.45) is 0. The lowest BCUT2D eigenvalue weighted by Gasteiger charge is -2.12. The molecule has 106 valence electrons. The highest BCUT2D eigenvalue weighted by Crippen LogP contribution is 2.21. The standard InChI is InChI=1S/C12H21N5O2/c1-5-14-11(18)7(4)15-12(19)10-8(13)9(6(2)3)16-17-10/h6-7H,5,13H2,1-4H3,(H,14,18)(H,15,19)(H,16,17). The molecule has 1 aromatic heterocycles. The fourth-order valence-corrected chi connectivity index (χ4v) is 1.64. The van der Waals surface area contributed by atoms with Crippen LogP contribution in [0.5, 0.6) is 0 Å². The van der Waals surface area contributed by atoms with Crippen molar-refractivity contribution in [1.82, 2.24) is 20.8 Å². The summed E-state index contributed by atoms with van der Waals surface area (Å²) in [6, 6.07) is -0.633. The van der Waals surface area contributed by atoms with E-state index in [-0.39, 0.29) is 17.5 Å². The van der Waals surface area contributed by atoms with E-state index in [2.05, 4.69) is 20.8 Å². The maximum Gasteiger partial charge on any atom is 0.274 e. The van der Waals surface area contributed by atoms with Gasteiger partial charge in [-0.15, -0.1) is 0 Å². The number of hydrogen-bond donors (Lipinski definition) is 4. The Morgan fingerprint density at radius 1 is 1.37 bits per heavy atom. The highest BCUT2D eigenvalue weighted by Gasteiger charge is 2.22. The van der Waals surface area contributed by atoms with Gasteiger partial charge in [0.1, 0.15) is 6.04 Å². The number of hydrogen-bond acceptors (Lipinski definition) is 4. The Bertz CT molecular complexity index is 467. The minimum atomic E-state index is -0.633. The Hall–Kier alpha value is -2.05. The lowest BCUT2D eigenvalue weighted by atomic mass is 10.1. The first-order valence-corrected chi connectivity index (χ1v) is 6.30. The predicted molar refractivity (Wildman–Crippen MR) is 72.7 cm³/mol. The lowest BCUT2D eigenvalue weighted by Crippen LogP contribution is -2.44. The fraction of sp³-hybridized carbons (Fsp3) is 0.583. The molecule has 7 heteroatoms. The summed E-state index contributed by atoms with van der Waals surface area (Å²) in [4.78, 5) is 23.5. The van der Waals surface area contributed by atoms with Gasteiger partial charge in [-0.05, 0) is 19.8 Å². The summed E-state index contributed by atoms with van der Waals surface area (Å²) in [5.74, 6) is -0.552. The van der Waals surface area contributed by atoms with Crippen LogP contribution in [0.2, 0.25) is 0 Å². The highest BCUT2D eigenvalue weighted by molar-refractivity contribution is 6.00. The third-order valence-corrected chi connectivity index (χ3v) is 2.72. The SMILES string of the molecule is CCNC(=O)C(C)NC(=O)c1n[nH]c(C(C)C)c1N. The number of likely N-dealkylation sites (N-methyl/N-ethyl adjacent to an activating group) is 1. The second kappa shape index (κ2) is 6.21. The number of rotatable bonds is 5. The largest absolute Gasteiger partial charge is 0.395 e.